The molecule has 0 bridgehead atoms. The smallest absolute Gasteiger partial charge is 0.335 e. The molecule has 0 unspecified atom stereocenters. The molecule has 0 spiro atoms. The molecule has 4 rings (SSSR count). The number of carbonyl (C=O) groups is 3. The van der Waals surface area contributed by atoms with Gasteiger partial charge in [0, 0.05) is 5.56 Å². The van der Waals surface area contributed by atoms with E-state index in [2.05, 4.69) is 10.6 Å². The molecule has 3 aromatic carbocycles. The zero-order valence-corrected chi connectivity index (χ0v) is 15.1. The Kier molecular flexibility index (Phi) is 4.70. The Morgan fingerprint density at radius 2 is 1.72 bits per heavy atom. The second kappa shape index (κ2) is 7.47. The van der Waals surface area contributed by atoms with Gasteiger partial charge in [-0.2, -0.15) is 0 Å². The van der Waals surface area contributed by atoms with Crippen molar-refractivity contribution in [3.05, 3.63) is 83.1 Å². The summed E-state index contributed by atoms with van der Waals surface area (Å²) in [5, 5.41) is 15.5. The molecule has 3 N–H and O–H groups in total. The molecule has 0 aliphatic carbocycles. The van der Waals surface area contributed by atoms with Crippen LogP contribution < -0.4 is 15.4 Å². The summed E-state index contributed by atoms with van der Waals surface area (Å²) in [4.78, 5) is 34.4. The number of rotatable bonds is 5. The number of carbonyl (C=O) groups excluding carboxylic acids is 2. The third-order valence-corrected chi connectivity index (χ3v) is 4.53. The Morgan fingerprint density at radius 3 is 2.41 bits per heavy atom. The minimum atomic E-state index is -0.988. The highest BCUT2D eigenvalue weighted by Gasteiger charge is 2.23. The SMILES string of the molecule is O=C1NC(=O)/C(=C/c2c(OCc3ccc(C(=O)O)cc3)ccc3ccccc23)N1. The summed E-state index contributed by atoms with van der Waals surface area (Å²) in [6.45, 7) is 0.215. The van der Waals surface area contributed by atoms with Gasteiger partial charge < -0.3 is 15.2 Å². The Bertz CT molecular complexity index is 1170. The summed E-state index contributed by atoms with van der Waals surface area (Å²) in [5.41, 5.74) is 1.81. The largest absolute Gasteiger partial charge is 0.488 e. The quantitative estimate of drug-likeness (QED) is 0.460. The van der Waals surface area contributed by atoms with Crippen molar-refractivity contribution >= 4 is 34.8 Å². The molecule has 0 aromatic heterocycles. The lowest BCUT2D eigenvalue weighted by molar-refractivity contribution is -0.115. The molecular formula is C22H16N2O5. The lowest BCUT2D eigenvalue weighted by Crippen LogP contribution is -2.22. The van der Waals surface area contributed by atoms with E-state index in [9.17, 15) is 14.4 Å². The number of hydrogen-bond acceptors (Lipinski definition) is 4. The Balaban J connectivity index is 1.68. The molecule has 0 saturated carbocycles. The highest BCUT2D eigenvalue weighted by Crippen LogP contribution is 2.31. The van der Waals surface area contributed by atoms with Gasteiger partial charge >= 0.3 is 12.0 Å². The molecule has 3 amide bonds. The number of carboxylic acids is 1. The Hall–Kier alpha value is -4.13. The summed E-state index contributed by atoms with van der Waals surface area (Å²) in [6, 6.07) is 17.2. The van der Waals surface area contributed by atoms with Crippen LogP contribution in [0, 0.1) is 0 Å². The van der Waals surface area contributed by atoms with Crippen LogP contribution in [0.5, 0.6) is 5.75 Å². The molecule has 7 heteroatoms. The van der Waals surface area contributed by atoms with Crippen LogP contribution in [0.4, 0.5) is 4.79 Å². The van der Waals surface area contributed by atoms with Crippen molar-refractivity contribution in [1.29, 1.82) is 0 Å². The van der Waals surface area contributed by atoms with Crippen molar-refractivity contribution in [3.8, 4) is 5.75 Å². The first-order valence-electron chi connectivity index (χ1n) is 8.82. The average Bonchev–Trinajstić information content (AvgIpc) is 3.04. The fourth-order valence-corrected chi connectivity index (χ4v) is 3.08. The van der Waals surface area contributed by atoms with Gasteiger partial charge in [-0.05, 0) is 40.6 Å². The highest BCUT2D eigenvalue weighted by molar-refractivity contribution is 6.14. The zero-order valence-electron chi connectivity index (χ0n) is 15.1. The van der Waals surface area contributed by atoms with Gasteiger partial charge in [0.2, 0.25) is 0 Å². The van der Waals surface area contributed by atoms with Gasteiger partial charge in [0.1, 0.15) is 18.1 Å². The van der Waals surface area contributed by atoms with Crippen molar-refractivity contribution in [3.63, 3.8) is 0 Å². The summed E-state index contributed by atoms with van der Waals surface area (Å²) >= 11 is 0. The van der Waals surface area contributed by atoms with E-state index in [1.54, 1.807) is 24.3 Å². The van der Waals surface area contributed by atoms with Crippen LogP contribution in [0.15, 0.2) is 66.4 Å². The predicted octanol–water partition coefficient (Wildman–Crippen LogP) is 3.30. The Morgan fingerprint density at radius 1 is 0.966 bits per heavy atom. The molecule has 29 heavy (non-hydrogen) atoms. The van der Waals surface area contributed by atoms with Crippen LogP contribution in [-0.2, 0) is 11.4 Å². The van der Waals surface area contributed by atoms with E-state index in [1.165, 1.54) is 12.1 Å². The molecule has 3 aromatic rings. The lowest BCUT2D eigenvalue weighted by atomic mass is 10.0. The molecule has 1 fully saturated rings. The first-order chi connectivity index (χ1) is 14.0. The first kappa shape index (κ1) is 18.2. The standard InChI is InChI=1S/C22H16N2O5/c25-20-18(23-22(28)24-20)11-17-16-4-2-1-3-14(16)9-10-19(17)29-12-13-5-7-15(8-6-13)21(26)27/h1-11H,12H2,(H,26,27)(H2,23,24,25,28)/b18-11-. The van der Waals surface area contributed by atoms with E-state index < -0.39 is 17.9 Å². The van der Waals surface area contributed by atoms with E-state index >= 15 is 0 Å². The van der Waals surface area contributed by atoms with Gasteiger partial charge in [-0.15, -0.1) is 0 Å². The van der Waals surface area contributed by atoms with Crippen molar-refractivity contribution in [2.75, 3.05) is 0 Å². The molecule has 7 nitrogen and oxygen atoms in total. The predicted molar refractivity (Wildman–Crippen MR) is 106 cm³/mol. The van der Waals surface area contributed by atoms with Gasteiger partial charge in [-0.25, -0.2) is 9.59 Å². The normalized spacial score (nSPS) is 14.7. The lowest BCUT2D eigenvalue weighted by Gasteiger charge is -2.13. The summed E-state index contributed by atoms with van der Waals surface area (Å²) in [5.74, 6) is -0.955. The fourth-order valence-electron chi connectivity index (χ4n) is 3.08. The maximum atomic E-state index is 12.0. The highest BCUT2D eigenvalue weighted by atomic mass is 16.5. The van der Waals surface area contributed by atoms with Crippen molar-refractivity contribution < 1.29 is 24.2 Å². The first-order valence-corrected chi connectivity index (χ1v) is 8.82. The summed E-state index contributed by atoms with van der Waals surface area (Å²) in [6.07, 6.45) is 1.59. The van der Waals surface area contributed by atoms with Gasteiger partial charge in [0.05, 0.1) is 5.56 Å². The molecule has 1 aliphatic heterocycles. The van der Waals surface area contributed by atoms with Crippen LogP contribution in [-0.4, -0.2) is 23.0 Å². The van der Waals surface area contributed by atoms with E-state index in [0.717, 1.165) is 16.3 Å². The second-order valence-electron chi connectivity index (χ2n) is 6.46. The van der Waals surface area contributed by atoms with E-state index in [0.29, 0.717) is 11.3 Å². The van der Waals surface area contributed by atoms with Gasteiger partial charge in [0.15, 0.2) is 0 Å². The Labute approximate surface area is 165 Å². The van der Waals surface area contributed by atoms with Crippen molar-refractivity contribution in [2.24, 2.45) is 0 Å². The minimum absolute atomic E-state index is 0.141. The third kappa shape index (κ3) is 3.79. The fraction of sp³-hybridized carbons (Fsp3) is 0.0455. The van der Waals surface area contributed by atoms with Crippen LogP contribution in [0.1, 0.15) is 21.5 Å². The molecule has 1 saturated heterocycles. The number of nitrogens with one attached hydrogen (secondary N) is 2. The van der Waals surface area contributed by atoms with E-state index in [4.69, 9.17) is 9.84 Å². The number of hydrogen-bond donors (Lipinski definition) is 3. The van der Waals surface area contributed by atoms with Gasteiger partial charge in [-0.3, -0.25) is 10.1 Å². The number of fused-ring (bicyclic) bond motifs is 1. The van der Waals surface area contributed by atoms with Crippen LogP contribution in [0.2, 0.25) is 0 Å². The van der Waals surface area contributed by atoms with Crippen molar-refractivity contribution in [1.82, 2.24) is 10.6 Å². The number of benzene rings is 3. The minimum Gasteiger partial charge on any atom is -0.488 e. The average molecular weight is 388 g/mol. The number of urea groups is 1. The number of amides is 3. The molecule has 0 atom stereocenters. The molecule has 1 heterocycles. The van der Waals surface area contributed by atoms with Crippen LogP contribution in [0.3, 0.4) is 0 Å². The monoisotopic (exact) mass is 388 g/mol. The van der Waals surface area contributed by atoms with Crippen LogP contribution in [0.25, 0.3) is 16.8 Å². The molecule has 0 radical (unpaired) electrons. The number of ether oxygens (including phenoxy) is 1. The van der Waals surface area contributed by atoms with Gasteiger partial charge in [0.25, 0.3) is 5.91 Å². The maximum Gasteiger partial charge on any atom is 0.335 e. The summed E-state index contributed by atoms with van der Waals surface area (Å²) in [7, 11) is 0. The van der Waals surface area contributed by atoms with E-state index in [1.807, 2.05) is 30.3 Å². The van der Waals surface area contributed by atoms with E-state index in [-0.39, 0.29) is 17.9 Å². The second-order valence-corrected chi connectivity index (χ2v) is 6.46. The third-order valence-electron chi connectivity index (χ3n) is 4.53. The van der Waals surface area contributed by atoms with Crippen LogP contribution >= 0.6 is 0 Å². The van der Waals surface area contributed by atoms with Gasteiger partial charge in [-0.1, -0.05) is 42.5 Å². The summed E-state index contributed by atoms with van der Waals surface area (Å²) < 4.78 is 5.97. The number of imide groups is 1. The zero-order chi connectivity index (χ0) is 20.4. The topological polar surface area (TPSA) is 105 Å². The molecular weight excluding hydrogens is 372 g/mol. The molecule has 1 aliphatic rings. The number of aromatic carboxylic acids is 1. The van der Waals surface area contributed by atoms with Crippen molar-refractivity contribution in [2.45, 2.75) is 6.61 Å². The maximum absolute atomic E-state index is 12.0. The molecule has 144 valence electrons. The number of carboxylic acid groups (broad SMARTS) is 1.